The molecule has 86 valence electrons. The first-order valence-electron chi connectivity index (χ1n) is 5.19. The zero-order valence-corrected chi connectivity index (χ0v) is 9.54. The summed E-state index contributed by atoms with van der Waals surface area (Å²) in [7, 11) is 1.29. The van der Waals surface area contributed by atoms with Gasteiger partial charge in [0.25, 0.3) is 0 Å². The highest BCUT2D eigenvalue weighted by Gasteiger charge is 2.24. The number of hydrogen-bond acceptors (Lipinski definition) is 4. The van der Waals surface area contributed by atoms with E-state index in [0.29, 0.717) is 12.8 Å². The standard InChI is InChI=1S/C11H18O4/c1-4-9(12)8(10(13)5-2)6-7-11(14)15-3/h8H,4-7H2,1-3H3. The van der Waals surface area contributed by atoms with E-state index < -0.39 is 5.92 Å². The van der Waals surface area contributed by atoms with Gasteiger partial charge in [-0.3, -0.25) is 14.4 Å². The summed E-state index contributed by atoms with van der Waals surface area (Å²) < 4.78 is 4.47. The van der Waals surface area contributed by atoms with Gasteiger partial charge in [-0.1, -0.05) is 13.8 Å². The Balaban J connectivity index is 4.32. The monoisotopic (exact) mass is 214 g/mol. The van der Waals surface area contributed by atoms with Crippen molar-refractivity contribution in [3.8, 4) is 0 Å². The normalized spacial score (nSPS) is 10.1. The van der Waals surface area contributed by atoms with Gasteiger partial charge >= 0.3 is 5.97 Å². The Morgan fingerprint density at radius 3 is 1.87 bits per heavy atom. The summed E-state index contributed by atoms with van der Waals surface area (Å²) >= 11 is 0. The Bertz CT molecular complexity index is 229. The largest absolute Gasteiger partial charge is 0.469 e. The van der Waals surface area contributed by atoms with E-state index in [1.54, 1.807) is 13.8 Å². The molecule has 0 atom stereocenters. The Labute approximate surface area is 90.0 Å². The van der Waals surface area contributed by atoms with Crippen LogP contribution in [0.2, 0.25) is 0 Å². The van der Waals surface area contributed by atoms with E-state index in [2.05, 4.69) is 4.74 Å². The fourth-order valence-electron chi connectivity index (χ4n) is 1.36. The van der Waals surface area contributed by atoms with Gasteiger partial charge in [0, 0.05) is 19.3 Å². The number of methoxy groups -OCH3 is 1. The van der Waals surface area contributed by atoms with Crippen LogP contribution in [0.3, 0.4) is 0 Å². The van der Waals surface area contributed by atoms with Crippen molar-refractivity contribution in [2.24, 2.45) is 5.92 Å². The van der Waals surface area contributed by atoms with Crippen LogP contribution in [0, 0.1) is 5.92 Å². The molecule has 0 radical (unpaired) electrons. The summed E-state index contributed by atoms with van der Waals surface area (Å²) in [6, 6.07) is 0. The minimum absolute atomic E-state index is 0.0919. The summed E-state index contributed by atoms with van der Waals surface area (Å²) in [5.41, 5.74) is 0. The molecular weight excluding hydrogens is 196 g/mol. The average molecular weight is 214 g/mol. The molecule has 0 fully saturated rings. The topological polar surface area (TPSA) is 60.4 Å². The second kappa shape index (κ2) is 7.15. The quantitative estimate of drug-likeness (QED) is 0.476. The van der Waals surface area contributed by atoms with Crippen molar-refractivity contribution in [1.29, 1.82) is 0 Å². The second-order valence-corrected chi connectivity index (χ2v) is 3.31. The van der Waals surface area contributed by atoms with Crippen LogP contribution in [0.25, 0.3) is 0 Å². The van der Waals surface area contributed by atoms with Crippen LogP contribution in [0.15, 0.2) is 0 Å². The predicted molar refractivity (Wildman–Crippen MR) is 55.3 cm³/mol. The minimum atomic E-state index is -0.626. The van der Waals surface area contributed by atoms with Crippen molar-refractivity contribution >= 4 is 17.5 Å². The third-order valence-electron chi connectivity index (χ3n) is 2.34. The number of hydrogen-bond donors (Lipinski definition) is 0. The Kier molecular flexibility index (Phi) is 6.58. The van der Waals surface area contributed by atoms with E-state index in [1.807, 2.05) is 0 Å². The van der Waals surface area contributed by atoms with Gasteiger partial charge in [0.2, 0.25) is 0 Å². The maximum atomic E-state index is 11.4. The summed E-state index contributed by atoms with van der Waals surface area (Å²) in [6.45, 7) is 3.44. The lowest BCUT2D eigenvalue weighted by atomic mass is 9.91. The van der Waals surface area contributed by atoms with Crippen LogP contribution in [0.1, 0.15) is 39.5 Å². The third kappa shape index (κ3) is 4.72. The number of ketones is 2. The molecular formula is C11H18O4. The highest BCUT2D eigenvalue weighted by atomic mass is 16.5. The van der Waals surface area contributed by atoms with Crippen molar-refractivity contribution < 1.29 is 19.1 Å². The van der Waals surface area contributed by atoms with Crippen molar-refractivity contribution in [3.63, 3.8) is 0 Å². The molecule has 0 heterocycles. The van der Waals surface area contributed by atoms with Crippen molar-refractivity contribution in [1.82, 2.24) is 0 Å². The van der Waals surface area contributed by atoms with Crippen LogP contribution >= 0.6 is 0 Å². The van der Waals surface area contributed by atoms with Crippen molar-refractivity contribution in [2.45, 2.75) is 39.5 Å². The first-order chi connectivity index (χ1) is 7.06. The predicted octanol–water partition coefficient (Wildman–Crippen LogP) is 1.51. The molecule has 0 saturated carbocycles. The number of carbonyl (C=O) groups is 3. The molecule has 0 amide bonds. The molecule has 0 bridgehead atoms. The molecule has 0 spiro atoms. The molecule has 0 aliphatic heterocycles. The molecule has 0 aliphatic rings. The Morgan fingerprint density at radius 1 is 1.07 bits per heavy atom. The summed E-state index contributed by atoms with van der Waals surface area (Å²) in [5, 5.41) is 0. The molecule has 0 aliphatic carbocycles. The number of rotatable bonds is 7. The highest BCUT2D eigenvalue weighted by molar-refractivity contribution is 6.02. The summed E-state index contributed by atoms with van der Waals surface area (Å²) in [5.74, 6) is -1.19. The van der Waals surface area contributed by atoms with Crippen LogP contribution in [-0.4, -0.2) is 24.6 Å². The van der Waals surface area contributed by atoms with E-state index in [9.17, 15) is 14.4 Å². The maximum absolute atomic E-state index is 11.4. The SMILES string of the molecule is CCC(=O)C(CCC(=O)OC)C(=O)CC. The van der Waals surface area contributed by atoms with Crippen LogP contribution in [0.4, 0.5) is 0 Å². The molecule has 0 saturated heterocycles. The first kappa shape index (κ1) is 13.8. The lowest BCUT2D eigenvalue weighted by Crippen LogP contribution is -2.24. The molecule has 0 unspecified atom stereocenters. The average Bonchev–Trinajstić information content (AvgIpc) is 2.27. The van der Waals surface area contributed by atoms with Crippen LogP contribution in [-0.2, 0) is 19.1 Å². The van der Waals surface area contributed by atoms with Crippen molar-refractivity contribution in [3.05, 3.63) is 0 Å². The van der Waals surface area contributed by atoms with Gasteiger partial charge in [0.05, 0.1) is 13.0 Å². The first-order valence-corrected chi connectivity index (χ1v) is 5.19. The van der Waals surface area contributed by atoms with E-state index >= 15 is 0 Å². The number of esters is 1. The van der Waals surface area contributed by atoms with Gasteiger partial charge in [0.1, 0.15) is 11.6 Å². The molecule has 4 nitrogen and oxygen atoms in total. The van der Waals surface area contributed by atoms with E-state index in [-0.39, 0.29) is 30.4 Å². The van der Waals surface area contributed by atoms with Gasteiger partial charge in [-0.05, 0) is 6.42 Å². The number of ether oxygens (including phenoxy) is 1. The summed E-state index contributed by atoms with van der Waals surface area (Å²) in [6.07, 6.45) is 1.06. The van der Waals surface area contributed by atoms with Gasteiger partial charge < -0.3 is 4.74 Å². The molecule has 0 rings (SSSR count). The molecule has 15 heavy (non-hydrogen) atoms. The van der Waals surface area contributed by atoms with Crippen LogP contribution < -0.4 is 0 Å². The Hall–Kier alpha value is -1.19. The molecule has 0 aromatic heterocycles. The zero-order chi connectivity index (χ0) is 11.8. The zero-order valence-electron chi connectivity index (χ0n) is 9.54. The van der Waals surface area contributed by atoms with Gasteiger partial charge in [-0.15, -0.1) is 0 Å². The second-order valence-electron chi connectivity index (χ2n) is 3.31. The number of carbonyl (C=O) groups excluding carboxylic acids is 3. The molecule has 4 heteroatoms. The smallest absolute Gasteiger partial charge is 0.305 e. The molecule has 0 N–H and O–H groups in total. The van der Waals surface area contributed by atoms with Gasteiger partial charge in [-0.2, -0.15) is 0 Å². The third-order valence-corrected chi connectivity index (χ3v) is 2.34. The fraction of sp³-hybridized carbons (Fsp3) is 0.727. The lowest BCUT2D eigenvalue weighted by molar-refractivity contribution is -0.141. The molecule has 0 aromatic rings. The Morgan fingerprint density at radius 2 is 1.53 bits per heavy atom. The van der Waals surface area contributed by atoms with E-state index in [0.717, 1.165) is 0 Å². The van der Waals surface area contributed by atoms with Gasteiger partial charge in [0.15, 0.2) is 0 Å². The fourth-order valence-corrected chi connectivity index (χ4v) is 1.36. The van der Waals surface area contributed by atoms with Crippen LogP contribution in [0.5, 0.6) is 0 Å². The number of Topliss-reactive ketones (excluding diaryl/α,β-unsaturated/α-hetero) is 2. The van der Waals surface area contributed by atoms with E-state index in [1.165, 1.54) is 7.11 Å². The van der Waals surface area contributed by atoms with Crippen molar-refractivity contribution in [2.75, 3.05) is 7.11 Å². The lowest BCUT2D eigenvalue weighted by Gasteiger charge is -2.11. The van der Waals surface area contributed by atoms with E-state index in [4.69, 9.17) is 0 Å². The minimum Gasteiger partial charge on any atom is -0.469 e. The van der Waals surface area contributed by atoms with Gasteiger partial charge in [-0.25, -0.2) is 0 Å². The highest BCUT2D eigenvalue weighted by Crippen LogP contribution is 2.13. The molecule has 0 aromatic carbocycles. The summed E-state index contributed by atoms with van der Waals surface area (Å²) in [4.78, 5) is 33.8. The maximum Gasteiger partial charge on any atom is 0.305 e.